The maximum absolute atomic E-state index is 11.5. The number of hydrogen-bond donors (Lipinski definition) is 0. The van der Waals surface area contributed by atoms with E-state index in [1.807, 2.05) is 38.1 Å². The van der Waals surface area contributed by atoms with Crippen LogP contribution >= 0.6 is 0 Å². The van der Waals surface area contributed by atoms with Crippen molar-refractivity contribution in [3.05, 3.63) is 53.3 Å². The molecule has 0 spiro atoms. The Balaban J connectivity index is 2.43. The van der Waals surface area contributed by atoms with Crippen LogP contribution in [-0.2, 0) is 4.74 Å². The van der Waals surface area contributed by atoms with Crippen LogP contribution in [0.5, 0.6) is 0 Å². The van der Waals surface area contributed by atoms with Gasteiger partial charge in [0.25, 0.3) is 0 Å². The predicted octanol–water partition coefficient (Wildman–Crippen LogP) is 3.15. The quantitative estimate of drug-likeness (QED) is 0.758. The van der Waals surface area contributed by atoms with Gasteiger partial charge in [-0.2, -0.15) is 0 Å². The van der Waals surface area contributed by atoms with Gasteiger partial charge in [-0.05, 0) is 31.0 Å². The Morgan fingerprint density at radius 3 is 2.56 bits per heavy atom. The molecule has 3 heteroatoms. The maximum Gasteiger partial charge on any atom is 0.356 e. The van der Waals surface area contributed by atoms with E-state index in [2.05, 4.69) is 15.8 Å². The highest BCUT2D eigenvalue weighted by molar-refractivity contribution is 5.89. The Labute approximate surface area is 106 Å². The van der Waals surface area contributed by atoms with E-state index in [9.17, 15) is 4.79 Å². The van der Waals surface area contributed by atoms with E-state index >= 15 is 0 Å². The number of carbonyl (C=O) groups is 1. The zero-order valence-electron chi connectivity index (χ0n) is 10.7. The topological polar surface area (TPSA) is 39.2 Å². The van der Waals surface area contributed by atoms with Crippen molar-refractivity contribution in [1.29, 1.82) is 0 Å². The van der Waals surface area contributed by atoms with Gasteiger partial charge in [-0.1, -0.05) is 29.8 Å². The van der Waals surface area contributed by atoms with Crippen LogP contribution in [0.1, 0.15) is 21.6 Å². The monoisotopic (exact) mass is 241 g/mol. The molecule has 0 radical (unpaired) electrons. The number of pyridine rings is 1. The molecule has 0 unspecified atom stereocenters. The molecule has 2 rings (SSSR count). The summed E-state index contributed by atoms with van der Waals surface area (Å²) in [5.41, 5.74) is 4.49. The third-order valence-electron chi connectivity index (χ3n) is 2.81. The second kappa shape index (κ2) is 5.00. The number of benzene rings is 1. The summed E-state index contributed by atoms with van der Waals surface area (Å²) in [7, 11) is 1.36. The van der Waals surface area contributed by atoms with E-state index in [1.165, 1.54) is 12.7 Å². The number of esters is 1. The highest BCUT2D eigenvalue weighted by atomic mass is 16.5. The van der Waals surface area contributed by atoms with Crippen molar-refractivity contribution in [3.63, 3.8) is 0 Å². The molecule has 0 aliphatic carbocycles. The fourth-order valence-electron chi connectivity index (χ4n) is 1.87. The zero-order valence-corrected chi connectivity index (χ0v) is 10.7. The minimum Gasteiger partial charge on any atom is -0.464 e. The van der Waals surface area contributed by atoms with Gasteiger partial charge in [0.2, 0.25) is 0 Å². The molecule has 18 heavy (non-hydrogen) atoms. The van der Waals surface area contributed by atoms with Crippen LogP contribution in [-0.4, -0.2) is 18.1 Å². The summed E-state index contributed by atoms with van der Waals surface area (Å²) in [6.45, 7) is 3.91. The molecule has 2 aromatic rings. The molecule has 1 aromatic carbocycles. The van der Waals surface area contributed by atoms with Crippen molar-refractivity contribution >= 4 is 5.97 Å². The van der Waals surface area contributed by atoms with Crippen LogP contribution in [0.3, 0.4) is 0 Å². The second-order valence-electron chi connectivity index (χ2n) is 4.25. The van der Waals surface area contributed by atoms with Gasteiger partial charge in [0.05, 0.1) is 7.11 Å². The van der Waals surface area contributed by atoms with Gasteiger partial charge in [-0.25, -0.2) is 9.78 Å². The van der Waals surface area contributed by atoms with E-state index in [4.69, 9.17) is 0 Å². The first-order valence-electron chi connectivity index (χ1n) is 5.74. The standard InChI is InChI=1S/C15H15NO2/c1-10-5-4-6-12(7-10)13-8-11(2)14(16-9-13)15(17)18-3/h4-9H,1-3H3. The van der Waals surface area contributed by atoms with Gasteiger partial charge in [0.1, 0.15) is 0 Å². The lowest BCUT2D eigenvalue weighted by Crippen LogP contribution is -2.06. The van der Waals surface area contributed by atoms with Crippen molar-refractivity contribution in [2.75, 3.05) is 7.11 Å². The average molecular weight is 241 g/mol. The minimum absolute atomic E-state index is 0.369. The zero-order chi connectivity index (χ0) is 13.1. The van der Waals surface area contributed by atoms with Gasteiger partial charge >= 0.3 is 5.97 Å². The van der Waals surface area contributed by atoms with Crippen LogP contribution in [0.15, 0.2) is 36.5 Å². The van der Waals surface area contributed by atoms with Gasteiger partial charge in [0.15, 0.2) is 5.69 Å². The molecule has 0 amide bonds. The molecule has 92 valence electrons. The van der Waals surface area contributed by atoms with Crippen LogP contribution < -0.4 is 0 Å². The molecule has 0 fully saturated rings. The number of methoxy groups -OCH3 is 1. The Morgan fingerprint density at radius 2 is 1.94 bits per heavy atom. The first-order chi connectivity index (χ1) is 8.61. The predicted molar refractivity (Wildman–Crippen MR) is 70.5 cm³/mol. The van der Waals surface area contributed by atoms with Gasteiger partial charge in [-0.15, -0.1) is 0 Å². The normalized spacial score (nSPS) is 10.2. The largest absolute Gasteiger partial charge is 0.464 e. The molecule has 0 N–H and O–H groups in total. The van der Waals surface area contributed by atoms with E-state index in [0.29, 0.717) is 5.69 Å². The molecule has 0 aliphatic rings. The van der Waals surface area contributed by atoms with Crippen molar-refractivity contribution in [2.24, 2.45) is 0 Å². The van der Waals surface area contributed by atoms with E-state index < -0.39 is 5.97 Å². The molecule has 0 atom stereocenters. The molecule has 3 nitrogen and oxygen atoms in total. The number of nitrogens with zero attached hydrogens (tertiary/aromatic N) is 1. The molecule has 1 heterocycles. The van der Waals surface area contributed by atoms with E-state index in [-0.39, 0.29) is 0 Å². The van der Waals surface area contributed by atoms with Crippen LogP contribution in [0.25, 0.3) is 11.1 Å². The Hall–Kier alpha value is -2.16. The Kier molecular flexibility index (Phi) is 3.42. The Bertz CT molecular complexity index is 591. The van der Waals surface area contributed by atoms with Crippen molar-refractivity contribution < 1.29 is 9.53 Å². The number of aryl methyl sites for hydroxylation is 2. The smallest absolute Gasteiger partial charge is 0.356 e. The highest BCUT2D eigenvalue weighted by Gasteiger charge is 2.11. The minimum atomic E-state index is -0.400. The average Bonchev–Trinajstić information content (AvgIpc) is 2.37. The molecular weight excluding hydrogens is 226 g/mol. The SMILES string of the molecule is COC(=O)c1ncc(-c2cccc(C)c2)cc1C. The lowest BCUT2D eigenvalue weighted by Gasteiger charge is -2.07. The molecule has 0 saturated carbocycles. The summed E-state index contributed by atoms with van der Waals surface area (Å²) in [5.74, 6) is -0.400. The van der Waals surface area contributed by atoms with Gasteiger partial charge < -0.3 is 4.74 Å². The van der Waals surface area contributed by atoms with Crippen molar-refractivity contribution in [2.45, 2.75) is 13.8 Å². The number of hydrogen-bond acceptors (Lipinski definition) is 3. The second-order valence-corrected chi connectivity index (χ2v) is 4.25. The molecule has 0 saturated heterocycles. The van der Waals surface area contributed by atoms with Crippen LogP contribution in [0.2, 0.25) is 0 Å². The lowest BCUT2D eigenvalue weighted by molar-refractivity contribution is 0.0593. The summed E-state index contributed by atoms with van der Waals surface area (Å²) in [6, 6.07) is 10.1. The Morgan fingerprint density at radius 1 is 1.17 bits per heavy atom. The fraction of sp³-hybridized carbons (Fsp3) is 0.200. The summed E-state index contributed by atoms with van der Waals surface area (Å²) < 4.78 is 4.68. The van der Waals surface area contributed by atoms with Gasteiger partial charge in [0, 0.05) is 11.8 Å². The maximum atomic E-state index is 11.5. The summed E-state index contributed by atoms with van der Waals surface area (Å²) in [5, 5.41) is 0. The molecule has 1 aromatic heterocycles. The third-order valence-corrected chi connectivity index (χ3v) is 2.81. The number of ether oxygens (including phenoxy) is 1. The van der Waals surface area contributed by atoms with Crippen LogP contribution in [0.4, 0.5) is 0 Å². The van der Waals surface area contributed by atoms with Crippen molar-refractivity contribution in [1.82, 2.24) is 4.98 Å². The summed E-state index contributed by atoms with van der Waals surface area (Å²) in [6.07, 6.45) is 1.70. The molecule has 0 bridgehead atoms. The van der Waals surface area contributed by atoms with E-state index in [0.717, 1.165) is 16.7 Å². The first-order valence-corrected chi connectivity index (χ1v) is 5.74. The highest BCUT2D eigenvalue weighted by Crippen LogP contribution is 2.21. The van der Waals surface area contributed by atoms with E-state index in [1.54, 1.807) is 6.20 Å². The van der Waals surface area contributed by atoms with Gasteiger partial charge in [-0.3, -0.25) is 0 Å². The number of carbonyl (C=O) groups excluding carboxylic acids is 1. The summed E-state index contributed by atoms with van der Waals surface area (Å²) >= 11 is 0. The van der Waals surface area contributed by atoms with Crippen LogP contribution in [0, 0.1) is 13.8 Å². The van der Waals surface area contributed by atoms with Crippen molar-refractivity contribution in [3.8, 4) is 11.1 Å². The number of rotatable bonds is 2. The molecular formula is C15H15NO2. The lowest BCUT2D eigenvalue weighted by atomic mass is 10.0. The first kappa shape index (κ1) is 12.3. The third kappa shape index (κ3) is 2.40. The number of aromatic nitrogens is 1. The summed E-state index contributed by atoms with van der Waals surface area (Å²) in [4.78, 5) is 15.6. The molecule has 0 aliphatic heterocycles. The fourth-order valence-corrected chi connectivity index (χ4v) is 1.87.